The van der Waals surface area contributed by atoms with Gasteiger partial charge in [-0.2, -0.15) is 0 Å². The minimum absolute atomic E-state index is 0.256. The fraction of sp³-hybridized carbons (Fsp3) is 0.588. The minimum atomic E-state index is 0.256. The summed E-state index contributed by atoms with van der Waals surface area (Å²) in [6.45, 7) is 10.8. The third-order valence-corrected chi connectivity index (χ3v) is 3.39. The molecule has 112 valence electrons. The van der Waals surface area contributed by atoms with E-state index in [2.05, 4.69) is 51.2 Å². The molecule has 1 aromatic rings. The van der Waals surface area contributed by atoms with E-state index in [0.717, 1.165) is 31.6 Å². The molecule has 3 nitrogen and oxygen atoms in total. The second kappa shape index (κ2) is 8.62. The molecule has 0 heterocycles. The number of hydrogen-bond acceptors (Lipinski definition) is 2. The molecule has 3 heteroatoms. The fourth-order valence-corrected chi connectivity index (χ4v) is 2.29. The van der Waals surface area contributed by atoms with Crippen molar-refractivity contribution in [1.82, 2.24) is 4.90 Å². The van der Waals surface area contributed by atoms with Crippen molar-refractivity contribution < 1.29 is 4.79 Å². The molecule has 20 heavy (non-hydrogen) atoms. The Bertz CT molecular complexity index is 423. The van der Waals surface area contributed by atoms with Gasteiger partial charge in [-0.25, -0.2) is 0 Å². The predicted molar refractivity (Wildman–Crippen MR) is 86.2 cm³/mol. The third-order valence-electron chi connectivity index (χ3n) is 3.39. The third kappa shape index (κ3) is 5.24. The summed E-state index contributed by atoms with van der Waals surface area (Å²) in [5.41, 5.74) is 3.60. The van der Waals surface area contributed by atoms with Crippen molar-refractivity contribution in [3.05, 3.63) is 29.3 Å². The molecular formula is C17H28N2O. The topological polar surface area (TPSA) is 32.3 Å². The quantitative estimate of drug-likeness (QED) is 0.784. The van der Waals surface area contributed by atoms with Crippen molar-refractivity contribution in [3.63, 3.8) is 0 Å². The van der Waals surface area contributed by atoms with E-state index in [9.17, 15) is 4.79 Å². The van der Waals surface area contributed by atoms with Gasteiger partial charge in [0.25, 0.3) is 0 Å². The first-order valence-electron chi connectivity index (χ1n) is 7.67. The van der Waals surface area contributed by atoms with Gasteiger partial charge in [0.05, 0.1) is 0 Å². The maximum absolute atomic E-state index is 12.2. The molecule has 0 aliphatic carbocycles. The van der Waals surface area contributed by atoms with Crippen LogP contribution in [0.4, 0.5) is 5.69 Å². The SMILES string of the molecule is CCCN(CCC)C(=O)CCNc1cc(C)ccc1C. The van der Waals surface area contributed by atoms with Gasteiger partial charge in [-0.05, 0) is 43.9 Å². The standard InChI is InChI=1S/C17H28N2O/c1-5-11-19(12-6-2)17(20)9-10-18-16-13-14(3)7-8-15(16)4/h7-8,13,18H,5-6,9-12H2,1-4H3. The molecule has 0 spiro atoms. The number of anilines is 1. The molecule has 0 radical (unpaired) electrons. The van der Waals surface area contributed by atoms with Gasteiger partial charge in [-0.3, -0.25) is 4.79 Å². The van der Waals surface area contributed by atoms with Gasteiger partial charge in [-0.1, -0.05) is 26.0 Å². The number of rotatable bonds is 8. The van der Waals surface area contributed by atoms with Gasteiger partial charge in [0.15, 0.2) is 0 Å². The highest BCUT2D eigenvalue weighted by molar-refractivity contribution is 5.76. The van der Waals surface area contributed by atoms with Crippen LogP contribution in [0.5, 0.6) is 0 Å². The Labute approximate surface area is 123 Å². The summed E-state index contributed by atoms with van der Waals surface area (Å²) >= 11 is 0. The van der Waals surface area contributed by atoms with Crippen molar-refractivity contribution in [2.75, 3.05) is 25.0 Å². The molecule has 0 unspecified atom stereocenters. The van der Waals surface area contributed by atoms with E-state index in [4.69, 9.17) is 0 Å². The first-order valence-corrected chi connectivity index (χ1v) is 7.67. The zero-order chi connectivity index (χ0) is 15.0. The van der Waals surface area contributed by atoms with Crippen LogP contribution >= 0.6 is 0 Å². The monoisotopic (exact) mass is 276 g/mol. The van der Waals surface area contributed by atoms with Crippen molar-refractivity contribution in [2.45, 2.75) is 47.0 Å². The van der Waals surface area contributed by atoms with Gasteiger partial charge in [0.1, 0.15) is 0 Å². The van der Waals surface area contributed by atoms with Gasteiger partial charge in [0, 0.05) is 31.7 Å². The Morgan fingerprint density at radius 3 is 2.40 bits per heavy atom. The van der Waals surface area contributed by atoms with Crippen molar-refractivity contribution in [1.29, 1.82) is 0 Å². The normalized spacial score (nSPS) is 10.4. The zero-order valence-electron chi connectivity index (χ0n) is 13.3. The highest BCUT2D eigenvalue weighted by Crippen LogP contribution is 2.16. The lowest BCUT2D eigenvalue weighted by Crippen LogP contribution is -2.33. The Morgan fingerprint density at radius 2 is 1.80 bits per heavy atom. The molecule has 0 bridgehead atoms. The summed E-state index contributed by atoms with van der Waals surface area (Å²) in [7, 11) is 0. The number of carbonyl (C=O) groups is 1. The summed E-state index contributed by atoms with van der Waals surface area (Å²) in [5.74, 6) is 0.256. The number of nitrogens with one attached hydrogen (secondary N) is 1. The first kappa shape index (κ1) is 16.5. The van der Waals surface area contributed by atoms with E-state index in [1.165, 1.54) is 11.1 Å². The summed E-state index contributed by atoms with van der Waals surface area (Å²) < 4.78 is 0. The molecule has 0 aliphatic rings. The minimum Gasteiger partial charge on any atom is -0.384 e. The van der Waals surface area contributed by atoms with Crippen LogP contribution in [0.25, 0.3) is 0 Å². The molecular weight excluding hydrogens is 248 g/mol. The Hall–Kier alpha value is -1.51. The Balaban J connectivity index is 2.46. The molecule has 0 aliphatic heterocycles. The largest absolute Gasteiger partial charge is 0.384 e. The van der Waals surface area contributed by atoms with Gasteiger partial charge in [0.2, 0.25) is 5.91 Å². The molecule has 1 rings (SSSR count). The van der Waals surface area contributed by atoms with Gasteiger partial charge in [-0.15, -0.1) is 0 Å². The predicted octanol–water partition coefficient (Wildman–Crippen LogP) is 3.75. The number of nitrogens with zero attached hydrogens (tertiary/aromatic N) is 1. The maximum Gasteiger partial charge on any atom is 0.224 e. The Kier molecular flexibility index (Phi) is 7.13. The molecule has 1 amide bonds. The maximum atomic E-state index is 12.2. The van der Waals surface area contributed by atoms with Gasteiger partial charge < -0.3 is 10.2 Å². The number of hydrogen-bond donors (Lipinski definition) is 1. The fourth-order valence-electron chi connectivity index (χ4n) is 2.29. The first-order chi connectivity index (χ1) is 9.58. The summed E-state index contributed by atoms with van der Waals surface area (Å²) in [6, 6.07) is 6.35. The Morgan fingerprint density at radius 1 is 1.15 bits per heavy atom. The van der Waals surface area contributed by atoms with Crippen LogP contribution in [0.1, 0.15) is 44.2 Å². The van der Waals surface area contributed by atoms with E-state index in [1.54, 1.807) is 0 Å². The lowest BCUT2D eigenvalue weighted by Gasteiger charge is -2.21. The number of carbonyl (C=O) groups excluding carboxylic acids is 1. The number of aryl methyl sites for hydroxylation is 2. The van der Waals surface area contributed by atoms with Gasteiger partial charge >= 0.3 is 0 Å². The summed E-state index contributed by atoms with van der Waals surface area (Å²) in [6.07, 6.45) is 2.61. The number of benzene rings is 1. The second-order valence-electron chi connectivity index (χ2n) is 5.38. The average Bonchev–Trinajstić information content (AvgIpc) is 2.42. The van der Waals surface area contributed by atoms with Crippen LogP contribution < -0.4 is 5.32 Å². The van der Waals surface area contributed by atoms with E-state index < -0.39 is 0 Å². The molecule has 0 aromatic heterocycles. The second-order valence-corrected chi connectivity index (χ2v) is 5.38. The van der Waals surface area contributed by atoms with E-state index in [0.29, 0.717) is 13.0 Å². The van der Waals surface area contributed by atoms with Crippen LogP contribution in [-0.4, -0.2) is 30.4 Å². The highest BCUT2D eigenvalue weighted by Gasteiger charge is 2.11. The molecule has 1 N–H and O–H groups in total. The van der Waals surface area contributed by atoms with Crippen molar-refractivity contribution >= 4 is 11.6 Å². The number of amides is 1. The lowest BCUT2D eigenvalue weighted by molar-refractivity contribution is -0.131. The molecule has 1 aromatic carbocycles. The average molecular weight is 276 g/mol. The van der Waals surface area contributed by atoms with Crippen LogP contribution in [0, 0.1) is 13.8 Å². The lowest BCUT2D eigenvalue weighted by atomic mass is 10.1. The van der Waals surface area contributed by atoms with Crippen molar-refractivity contribution in [3.8, 4) is 0 Å². The highest BCUT2D eigenvalue weighted by atomic mass is 16.2. The molecule has 0 fully saturated rings. The van der Waals surface area contributed by atoms with Crippen LogP contribution in [0.2, 0.25) is 0 Å². The molecule has 0 atom stereocenters. The van der Waals surface area contributed by atoms with E-state index >= 15 is 0 Å². The van der Waals surface area contributed by atoms with Crippen LogP contribution in [0.15, 0.2) is 18.2 Å². The molecule has 0 saturated heterocycles. The van der Waals surface area contributed by atoms with Crippen LogP contribution in [0.3, 0.4) is 0 Å². The zero-order valence-corrected chi connectivity index (χ0v) is 13.3. The van der Waals surface area contributed by atoms with E-state index in [1.807, 2.05) is 4.90 Å². The van der Waals surface area contributed by atoms with Crippen LogP contribution in [-0.2, 0) is 4.79 Å². The summed E-state index contributed by atoms with van der Waals surface area (Å²) in [5, 5.41) is 3.38. The summed E-state index contributed by atoms with van der Waals surface area (Å²) in [4.78, 5) is 14.1. The van der Waals surface area contributed by atoms with Crippen molar-refractivity contribution in [2.24, 2.45) is 0 Å². The molecule has 0 saturated carbocycles. The van der Waals surface area contributed by atoms with E-state index in [-0.39, 0.29) is 5.91 Å². The smallest absolute Gasteiger partial charge is 0.224 e.